The molecule has 27 heavy (non-hydrogen) atoms. The number of hydrogen-bond donors (Lipinski definition) is 0. The van der Waals surface area contributed by atoms with Gasteiger partial charge in [0.2, 0.25) is 0 Å². The van der Waals surface area contributed by atoms with Gasteiger partial charge in [-0.15, -0.1) is 0 Å². The van der Waals surface area contributed by atoms with E-state index in [4.69, 9.17) is 0 Å². The summed E-state index contributed by atoms with van der Waals surface area (Å²) in [5.41, 5.74) is -2.37. The predicted molar refractivity (Wildman–Crippen MR) is 93.8 cm³/mol. The minimum absolute atomic E-state index is 0.0350. The lowest BCUT2D eigenvalue weighted by atomic mass is 9.91. The highest BCUT2D eigenvalue weighted by Gasteiger charge is 2.87. The van der Waals surface area contributed by atoms with Crippen LogP contribution in [0.1, 0.15) is 25.3 Å². The molecule has 0 aromatic heterocycles. The maximum atomic E-state index is 13.4. The molecule has 3 unspecified atom stereocenters. The van der Waals surface area contributed by atoms with Gasteiger partial charge < -0.3 is 4.90 Å². The van der Waals surface area contributed by atoms with Gasteiger partial charge in [0.05, 0.1) is 17.8 Å². The molecule has 6 nitrogen and oxygen atoms in total. The SMILES string of the molecule is CCN(CC)C1=NC(=C(C#N)C#N)C2(C#N)C(c3ccc(F)cc3)C12C#N. The van der Waals surface area contributed by atoms with Crippen molar-refractivity contribution in [1.82, 2.24) is 4.90 Å². The Morgan fingerprint density at radius 2 is 1.59 bits per heavy atom. The average Bonchev–Trinajstić information content (AvgIpc) is 3.21. The van der Waals surface area contributed by atoms with Crippen molar-refractivity contribution < 1.29 is 4.39 Å². The van der Waals surface area contributed by atoms with E-state index in [9.17, 15) is 25.4 Å². The summed E-state index contributed by atoms with van der Waals surface area (Å²) < 4.78 is 13.4. The standard InChI is InChI=1S/C20H15FN6/c1-3-27(4-2)18-20(12-25)16(13-5-7-15(21)8-6-13)19(20,11-24)17(26-18)14(9-22)10-23/h5-8,16H,3-4H2,1-2H3. The highest BCUT2D eigenvalue weighted by molar-refractivity contribution is 6.03. The van der Waals surface area contributed by atoms with Crippen LogP contribution >= 0.6 is 0 Å². The fourth-order valence-corrected chi connectivity index (χ4v) is 4.18. The molecule has 3 rings (SSSR count). The Balaban J connectivity index is 2.34. The molecule has 1 aliphatic carbocycles. The van der Waals surface area contributed by atoms with E-state index in [-0.39, 0.29) is 11.3 Å². The number of benzene rings is 1. The molecule has 0 saturated heterocycles. The van der Waals surface area contributed by atoms with Gasteiger partial charge in [-0.25, -0.2) is 9.38 Å². The summed E-state index contributed by atoms with van der Waals surface area (Å²) >= 11 is 0. The summed E-state index contributed by atoms with van der Waals surface area (Å²) in [5, 5.41) is 39.0. The highest BCUT2D eigenvalue weighted by Crippen LogP contribution is 2.81. The van der Waals surface area contributed by atoms with Crippen molar-refractivity contribution in [2.24, 2.45) is 15.8 Å². The zero-order chi connectivity index (χ0) is 19.8. The maximum absolute atomic E-state index is 13.4. The minimum atomic E-state index is -1.43. The van der Waals surface area contributed by atoms with E-state index in [1.165, 1.54) is 24.3 Å². The number of allylic oxidation sites excluding steroid dienone is 2. The van der Waals surface area contributed by atoms with E-state index in [0.29, 0.717) is 24.5 Å². The third-order valence-electron chi connectivity index (χ3n) is 5.43. The second-order valence-electron chi connectivity index (χ2n) is 6.38. The fraction of sp³-hybridized carbons (Fsp3) is 0.350. The number of rotatable bonds is 3. The number of nitrogens with zero attached hydrogens (tertiary/aromatic N) is 6. The number of hydrogen-bond acceptors (Lipinski definition) is 6. The third kappa shape index (κ3) is 2.03. The minimum Gasteiger partial charge on any atom is -0.359 e. The molecule has 7 heteroatoms. The number of amidine groups is 1. The van der Waals surface area contributed by atoms with Crippen LogP contribution in [0.25, 0.3) is 0 Å². The molecule has 132 valence electrons. The first kappa shape index (κ1) is 18.1. The topological polar surface area (TPSA) is 111 Å². The Hall–Kier alpha value is -3.68. The van der Waals surface area contributed by atoms with Gasteiger partial charge >= 0.3 is 0 Å². The van der Waals surface area contributed by atoms with Crippen molar-refractivity contribution in [1.29, 1.82) is 21.0 Å². The Bertz CT molecular complexity index is 1010. The van der Waals surface area contributed by atoms with Crippen molar-refractivity contribution >= 4 is 5.84 Å². The zero-order valence-electron chi connectivity index (χ0n) is 14.9. The highest BCUT2D eigenvalue weighted by atomic mass is 19.1. The van der Waals surface area contributed by atoms with Gasteiger partial charge in [-0.05, 0) is 31.5 Å². The van der Waals surface area contributed by atoms with Crippen molar-refractivity contribution in [2.75, 3.05) is 13.1 Å². The largest absolute Gasteiger partial charge is 0.359 e. The van der Waals surface area contributed by atoms with E-state index in [2.05, 4.69) is 17.1 Å². The summed E-state index contributed by atoms with van der Waals surface area (Å²) in [6.45, 7) is 4.91. The molecule has 0 N–H and O–H groups in total. The Morgan fingerprint density at radius 1 is 1.04 bits per heavy atom. The van der Waals surface area contributed by atoms with Crippen LogP contribution in [-0.2, 0) is 0 Å². The third-order valence-corrected chi connectivity index (χ3v) is 5.43. The first-order valence-electron chi connectivity index (χ1n) is 8.49. The molecule has 1 aliphatic heterocycles. The summed E-state index contributed by atoms with van der Waals surface area (Å²) in [4.78, 5) is 6.30. The number of fused-ring (bicyclic) bond motifs is 1. The lowest BCUT2D eigenvalue weighted by Crippen LogP contribution is -2.37. The molecule has 1 heterocycles. The van der Waals surface area contributed by atoms with Gasteiger partial charge in [-0.1, -0.05) is 12.1 Å². The molecule has 0 bridgehead atoms. The molecular weight excluding hydrogens is 343 g/mol. The van der Waals surface area contributed by atoms with Gasteiger partial charge in [0.1, 0.15) is 34.6 Å². The van der Waals surface area contributed by atoms with Gasteiger partial charge in [0.25, 0.3) is 0 Å². The molecule has 3 atom stereocenters. The van der Waals surface area contributed by atoms with Crippen molar-refractivity contribution in [2.45, 2.75) is 19.8 Å². The molecule has 1 aromatic carbocycles. The van der Waals surface area contributed by atoms with Gasteiger partial charge in [-0.2, -0.15) is 21.0 Å². The molecule has 2 aliphatic rings. The number of halogens is 1. The van der Waals surface area contributed by atoms with Crippen LogP contribution in [0.2, 0.25) is 0 Å². The average molecular weight is 358 g/mol. The van der Waals surface area contributed by atoms with Crippen LogP contribution in [0.15, 0.2) is 40.5 Å². The van der Waals surface area contributed by atoms with E-state index < -0.39 is 22.6 Å². The smallest absolute Gasteiger partial charge is 0.152 e. The maximum Gasteiger partial charge on any atom is 0.152 e. The molecular formula is C20H15FN6. The van der Waals surface area contributed by atoms with Crippen LogP contribution in [0, 0.1) is 62.0 Å². The normalized spacial score (nSPS) is 27.3. The molecule has 0 amide bonds. The lowest BCUT2D eigenvalue weighted by Gasteiger charge is -2.25. The van der Waals surface area contributed by atoms with Crippen LogP contribution in [0.3, 0.4) is 0 Å². The molecule has 1 saturated carbocycles. The van der Waals surface area contributed by atoms with Crippen LogP contribution < -0.4 is 0 Å². The van der Waals surface area contributed by atoms with Gasteiger partial charge in [0.15, 0.2) is 5.57 Å². The Morgan fingerprint density at radius 3 is 2.04 bits per heavy atom. The zero-order valence-corrected chi connectivity index (χ0v) is 14.9. The van der Waals surface area contributed by atoms with E-state index >= 15 is 0 Å². The monoisotopic (exact) mass is 358 g/mol. The van der Waals surface area contributed by atoms with Crippen molar-refractivity contribution in [3.8, 4) is 24.3 Å². The first-order chi connectivity index (χ1) is 13.0. The summed E-state index contributed by atoms with van der Waals surface area (Å²) in [6.07, 6.45) is 0. The molecule has 1 fully saturated rings. The quantitative estimate of drug-likeness (QED) is 0.771. The molecule has 0 radical (unpaired) electrons. The number of aliphatic imine (C=N–C) groups is 1. The van der Waals surface area contributed by atoms with Crippen LogP contribution in [-0.4, -0.2) is 23.8 Å². The molecule has 1 aromatic rings. The van der Waals surface area contributed by atoms with E-state index in [0.717, 1.165) is 0 Å². The lowest BCUT2D eigenvalue weighted by molar-refractivity contribution is 0.440. The predicted octanol–water partition coefficient (Wildman–Crippen LogP) is 3.00. The Labute approximate surface area is 156 Å². The molecule has 0 spiro atoms. The van der Waals surface area contributed by atoms with Crippen LogP contribution in [0.4, 0.5) is 4.39 Å². The summed E-state index contributed by atoms with van der Waals surface area (Å²) in [7, 11) is 0. The van der Waals surface area contributed by atoms with Gasteiger partial charge in [0, 0.05) is 19.0 Å². The van der Waals surface area contributed by atoms with Crippen LogP contribution in [0.5, 0.6) is 0 Å². The number of nitriles is 4. The summed E-state index contributed by atoms with van der Waals surface area (Å²) in [5.74, 6) is -0.658. The first-order valence-corrected chi connectivity index (χ1v) is 8.49. The van der Waals surface area contributed by atoms with Crippen molar-refractivity contribution in [3.63, 3.8) is 0 Å². The second kappa shape index (κ2) is 6.24. The fourth-order valence-electron chi connectivity index (χ4n) is 4.18. The summed E-state index contributed by atoms with van der Waals surface area (Å²) in [6, 6.07) is 13.7. The van der Waals surface area contributed by atoms with Gasteiger partial charge in [-0.3, -0.25) is 0 Å². The van der Waals surface area contributed by atoms with Crippen molar-refractivity contribution in [3.05, 3.63) is 46.9 Å². The second-order valence-corrected chi connectivity index (χ2v) is 6.38. The Kier molecular flexibility index (Phi) is 4.19. The van der Waals surface area contributed by atoms with E-state index in [1.807, 2.05) is 18.7 Å². The van der Waals surface area contributed by atoms with E-state index in [1.54, 1.807) is 12.1 Å².